The van der Waals surface area contributed by atoms with E-state index in [1.807, 2.05) is 0 Å². The largest absolute Gasteiger partial charge is 0.302 e. The highest BCUT2D eigenvalue weighted by atomic mass is 19.3. The predicted octanol–water partition coefficient (Wildman–Crippen LogP) is 1.38. The van der Waals surface area contributed by atoms with E-state index in [0.717, 1.165) is 0 Å². The summed E-state index contributed by atoms with van der Waals surface area (Å²) >= 11 is 0. The SMILES string of the molecule is O=CC(CF)(CF)C(F)F. The molecular weight excluding hydrogens is 152 g/mol. The molecule has 5 heteroatoms. The Morgan fingerprint density at radius 1 is 1.30 bits per heavy atom. The quantitative estimate of drug-likeness (QED) is 0.446. The molecule has 0 aliphatic carbocycles. The van der Waals surface area contributed by atoms with Crippen molar-refractivity contribution in [3.8, 4) is 0 Å². The van der Waals surface area contributed by atoms with Crippen LogP contribution in [0, 0.1) is 5.41 Å². The molecule has 0 aliphatic heterocycles. The molecule has 0 aliphatic rings. The predicted molar refractivity (Wildman–Crippen MR) is 26.5 cm³/mol. The van der Waals surface area contributed by atoms with Gasteiger partial charge in [0, 0.05) is 0 Å². The molecule has 0 unspecified atom stereocenters. The minimum Gasteiger partial charge on any atom is -0.302 e. The second kappa shape index (κ2) is 3.53. The molecule has 0 rings (SSSR count). The number of alkyl halides is 4. The molecule has 0 amide bonds. The fraction of sp³-hybridized carbons (Fsp3) is 0.800. The fourth-order valence-corrected chi connectivity index (χ4v) is 0.267. The lowest BCUT2D eigenvalue weighted by Crippen LogP contribution is -2.35. The first kappa shape index (κ1) is 9.39. The zero-order chi connectivity index (χ0) is 8.20. The first-order valence-corrected chi connectivity index (χ1v) is 2.49. The van der Waals surface area contributed by atoms with Gasteiger partial charge in [-0.15, -0.1) is 0 Å². The fourth-order valence-electron chi connectivity index (χ4n) is 0.267. The van der Waals surface area contributed by atoms with E-state index < -0.39 is 25.2 Å². The summed E-state index contributed by atoms with van der Waals surface area (Å²) in [6.45, 7) is -3.32. The third kappa shape index (κ3) is 1.46. The Hall–Kier alpha value is -0.610. The van der Waals surface area contributed by atoms with E-state index in [2.05, 4.69) is 0 Å². The van der Waals surface area contributed by atoms with Gasteiger partial charge in [-0.25, -0.2) is 17.6 Å². The first-order chi connectivity index (χ1) is 4.63. The summed E-state index contributed by atoms with van der Waals surface area (Å²) in [6, 6.07) is 0. The summed E-state index contributed by atoms with van der Waals surface area (Å²) in [4.78, 5) is 9.77. The molecule has 0 fully saturated rings. The monoisotopic (exact) mass is 158 g/mol. The van der Waals surface area contributed by atoms with Crippen molar-refractivity contribution in [2.24, 2.45) is 5.41 Å². The van der Waals surface area contributed by atoms with Gasteiger partial charge in [0.25, 0.3) is 6.43 Å². The van der Waals surface area contributed by atoms with Crippen LogP contribution in [0.3, 0.4) is 0 Å². The van der Waals surface area contributed by atoms with E-state index in [1.54, 1.807) is 0 Å². The zero-order valence-corrected chi connectivity index (χ0v) is 4.99. The number of carbonyl (C=O) groups is 1. The summed E-state index contributed by atoms with van der Waals surface area (Å²) in [5, 5.41) is 0. The second-order valence-electron chi connectivity index (χ2n) is 1.92. The van der Waals surface area contributed by atoms with E-state index >= 15 is 0 Å². The minimum absolute atomic E-state index is 0.377. The molecule has 0 radical (unpaired) electrons. The van der Waals surface area contributed by atoms with E-state index in [4.69, 9.17) is 0 Å². The molecular formula is C5H6F4O. The Morgan fingerprint density at radius 2 is 1.70 bits per heavy atom. The summed E-state index contributed by atoms with van der Waals surface area (Å²) in [5.41, 5.74) is -2.72. The summed E-state index contributed by atoms with van der Waals surface area (Å²) in [5.74, 6) is 0. The van der Waals surface area contributed by atoms with E-state index in [-0.39, 0.29) is 6.29 Å². The molecule has 0 saturated heterocycles. The van der Waals surface area contributed by atoms with Crippen molar-refractivity contribution in [3.63, 3.8) is 0 Å². The van der Waals surface area contributed by atoms with Gasteiger partial charge in [-0.1, -0.05) is 0 Å². The van der Waals surface area contributed by atoms with Gasteiger partial charge in [-0.3, -0.25) is 0 Å². The minimum atomic E-state index is -3.28. The van der Waals surface area contributed by atoms with Crippen LogP contribution in [-0.4, -0.2) is 26.1 Å². The average Bonchev–Trinajstić information content (AvgIpc) is 1.92. The summed E-state index contributed by atoms with van der Waals surface area (Å²) < 4.78 is 46.5. The molecule has 0 saturated carbocycles. The second-order valence-corrected chi connectivity index (χ2v) is 1.92. The Kier molecular flexibility index (Phi) is 3.32. The van der Waals surface area contributed by atoms with Crippen LogP contribution >= 0.6 is 0 Å². The maximum Gasteiger partial charge on any atom is 0.255 e. The van der Waals surface area contributed by atoms with Crippen molar-refractivity contribution in [1.82, 2.24) is 0 Å². The van der Waals surface area contributed by atoms with Crippen molar-refractivity contribution in [2.75, 3.05) is 13.3 Å². The van der Waals surface area contributed by atoms with Crippen LogP contribution in [0.25, 0.3) is 0 Å². The maximum absolute atomic E-state index is 11.6. The Balaban J connectivity index is 4.30. The molecule has 0 aromatic rings. The van der Waals surface area contributed by atoms with Crippen LogP contribution in [0.1, 0.15) is 0 Å². The smallest absolute Gasteiger partial charge is 0.255 e. The van der Waals surface area contributed by atoms with Crippen LogP contribution in [0.15, 0.2) is 0 Å². The molecule has 0 atom stereocenters. The molecule has 1 nitrogen and oxygen atoms in total. The third-order valence-corrected chi connectivity index (χ3v) is 1.17. The lowest BCUT2D eigenvalue weighted by Gasteiger charge is -2.18. The highest BCUT2D eigenvalue weighted by molar-refractivity contribution is 5.60. The Morgan fingerprint density at radius 3 is 1.70 bits per heavy atom. The number of rotatable bonds is 4. The highest BCUT2D eigenvalue weighted by Crippen LogP contribution is 2.24. The lowest BCUT2D eigenvalue weighted by atomic mass is 9.95. The van der Waals surface area contributed by atoms with Crippen molar-refractivity contribution >= 4 is 6.29 Å². The van der Waals surface area contributed by atoms with Gasteiger partial charge < -0.3 is 4.79 Å². The van der Waals surface area contributed by atoms with Crippen molar-refractivity contribution in [3.05, 3.63) is 0 Å². The van der Waals surface area contributed by atoms with Gasteiger partial charge in [-0.05, 0) is 0 Å². The molecule has 0 heterocycles. The van der Waals surface area contributed by atoms with Gasteiger partial charge in [0.05, 0.1) is 0 Å². The zero-order valence-electron chi connectivity index (χ0n) is 4.99. The van der Waals surface area contributed by atoms with Gasteiger partial charge in [-0.2, -0.15) is 0 Å². The number of hydrogen-bond donors (Lipinski definition) is 0. The highest BCUT2D eigenvalue weighted by Gasteiger charge is 2.40. The standard InChI is InChI=1S/C5H6F4O/c6-1-5(2-7,3-10)4(8)9/h3-4H,1-2H2. The lowest BCUT2D eigenvalue weighted by molar-refractivity contribution is -0.128. The van der Waals surface area contributed by atoms with E-state index in [9.17, 15) is 22.4 Å². The van der Waals surface area contributed by atoms with Crippen LogP contribution in [0.2, 0.25) is 0 Å². The van der Waals surface area contributed by atoms with Crippen LogP contribution < -0.4 is 0 Å². The van der Waals surface area contributed by atoms with Gasteiger partial charge in [0.2, 0.25) is 0 Å². The molecule has 0 aromatic carbocycles. The molecule has 0 bridgehead atoms. The Labute approximate surface area is 55.0 Å². The molecule has 10 heavy (non-hydrogen) atoms. The van der Waals surface area contributed by atoms with Gasteiger partial charge in [0.15, 0.2) is 0 Å². The summed E-state index contributed by atoms with van der Waals surface area (Å²) in [7, 11) is 0. The van der Waals surface area contributed by atoms with Crippen molar-refractivity contribution in [2.45, 2.75) is 6.43 Å². The normalized spacial score (nSPS) is 12.1. The van der Waals surface area contributed by atoms with Crippen molar-refractivity contribution in [1.29, 1.82) is 0 Å². The number of carbonyl (C=O) groups excluding carboxylic acids is 1. The van der Waals surface area contributed by atoms with E-state index in [1.165, 1.54) is 0 Å². The van der Waals surface area contributed by atoms with Crippen LogP contribution in [0.4, 0.5) is 17.6 Å². The molecule has 0 spiro atoms. The number of aldehydes is 1. The molecule has 0 N–H and O–H groups in total. The topological polar surface area (TPSA) is 17.1 Å². The van der Waals surface area contributed by atoms with Crippen LogP contribution in [-0.2, 0) is 4.79 Å². The summed E-state index contributed by atoms with van der Waals surface area (Å²) in [6.07, 6.45) is -3.66. The Bertz CT molecular complexity index is 110. The number of halogens is 4. The maximum atomic E-state index is 11.6. The average molecular weight is 158 g/mol. The van der Waals surface area contributed by atoms with Crippen LogP contribution in [0.5, 0.6) is 0 Å². The van der Waals surface area contributed by atoms with E-state index in [0.29, 0.717) is 0 Å². The third-order valence-electron chi connectivity index (χ3n) is 1.17. The molecule has 0 aromatic heterocycles. The first-order valence-electron chi connectivity index (χ1n) is 2.49. The number of hydrogen-bond acceptors (Lipinski definition) is 1. The van der Waals surface area contributed by atoms with Gasteiger partial charge >= 0.3 is 0 Å². The molecule has 60 valence electrons. The van der Waals surface area contributed by atoms with Gasteiger partial charge in [0.1, 0.15) is 25.1 Å². The van der Waals surface area contributed by atoms with Crippen molar-refractivity contribution < 1.29 is 22.4 Å².